The second-order valence-electron chi connectivity index (χ2n) is 4.91. The lowest BCUT2D eigenvalue weighted by Crippen LogP contribution is -2.50. The monoisotopic (exact) mass is 286 g/mol. The summed E-state index contributed by atoms with van der Waals surface area (Å²) in [6.45, 7) is 6.27. The molecule has 1 saturated heterocycles. The van der Waals surface area contributed by atoms with E-state index in [-0.39, 0.29) is 5.03 Å². The normalized spacial score (nSPS) is 25.6. The summed E-state index contributed by atoms with van der Waals surface area (Å²) >= 11 is 0. The Labute approximate surface area is 114 Å². The van der Waals surface area contributed by atoms with Gasteiger partial charge in [-0.1, -0.05) is 20.3 Å². The van der Waals surface area contributed by atoms with E-state index in [1.807, 2.05) is 0 Å². The number of hydrogen-bond donors (Lipinski definition) is 2. The van der Waals surface area contributed by atoms with Crippen LogP contribution >= 0.6 is 0 Å². The fourth-order valence-electron chi connectivity index (χ4n) is 2.69. The predicted octanol–water partition coefficient (Wildman–Crippen LogP) is 0.808. The fourth-order valence-corrected chi connectivity index (χ4v) is 4.10. The molecule has 2 unspecified atom stereocenters. The van der Waals surface area contributed by atoms with E-state index in [1.165, 1.54) is 12.3 Å². The molecule has 6 nitrogen and oxygen atoms in total. The molecule has 0 spiro atoms. The number of H-pyrrole nitrogens is 1. The standard InChI is InChI=1S/C12H22N4O2S/c1-3-10-9-16(8-6-11(10)13-4-2)19(17,18)12-5-7-14-15-12/h5,7,10-11,13H,3-4,6,8-9H2,1-2H3,(H,14,15). The molecule has 1 aliphatic heterocycles. The molecule has 1 aliphatic rings. The van der Waals surface area contributed by atoms with Crippen LogP contribution in [-0.4, -0.2) is 48.6 Å². The van der Waals surface area contributed by atoms with E-state index in [9.17, 15) is 8.42 Å². The Bertz CT molecular complexity index is 486. The van der Waals surface area contributed by atoms with E-state index in [1.54, 1.807) is 4.31 Å². The van der Waals surface area contributed by atoms with Gasteiger partial charge in [-0.05, 0) is 24.9 Å². The van der Waals surface area contributed by atoms with E-state index < -0.39 is 10.0 Å². The Hall–Kier alpha value is -0.920. The van der Waals surface area contributed by atoms with Gasteiger partial charge >= 0.3 is 0 Å². The van der Waals surface area contributed by atoms with Crippen LogP contribution in [0.15, 0.2) is 17.3 Å². The maximum atomic E-state index is 12.4. The average molecular weight is 286 g/mol. The minimum atomic E-state index is -3.41. The van der Waals surface area contributed by atoms with Crippen molar-refractivity contribution in [1.29, 1.82) is 0 Å². The molecule has 2 rings (SSSR count). The van der Waals surface area contributed by atoms with Crippen LogP contribution in [0.25, 0.3) is 0 Å². The van der Waals surface area contributed by atoms with Crippen molar-refractivity contribution in [1.82, 2.24) is 19.8 Å². The smallest absolute Gasteiger partial charge is 0.259 e. The SMILES string of the molecule is CCNC1CCN(S(=O)(=O)c2ccn[nH]2)CC1CC. The number of aromatic amines is 1. The van der Waals surface area contributed by atoms with Gasteiger partial charge in [0.15, 0.2) is 5.03 Å². The maximum Gasteiger partial charge on any atom is 0.259 e. The molecule has 0 amide bonds. The Balaban J connectivity index is 2.12. The summed E-state index contributed by atoms with van der Waals surface area (Å²) < 4.78 is 26.4. The van der Waals surface area contributed by atoms with Gasteiger partial charge in [0.2, 0.25) is 0 Å². The fraction of sp³-hybridized carbons (Fsp3) is 0.750. The van der Waals surface area contributed by atoms with Crippen LogP contribution in [0.4, 0.5) is 0 Å². The maximum absolute atomic E-state index is 12.4. The van der Waals surface area contributed by atoms with Crippen LogP contribution in [0.5, 0.6) is 0 Å². The van der Waals surface area contributed by atoms with Crippen LogP contribution in [0.1, 0.15) is 26.7 Å². The number of piperidine rings is 1. The van der Waals surface area contributed by atoms with Crippen molar-refractivity contribution >= 4 is 10.0 Å². The molecule has 0 saturated carbocycles. The van der Waals surface area contributed by atoms with Crippen molar-refractivity contribution in [2.75, 3.05) is 19.6 Å². The lowest BCUT2D eigenvalue weighted by molar-refractivity contribution is 0.204. The van der Waals surface area contributed by atoms with Gasteiger partial charge in [-0.3, -0.25) is 5.10 Å². The Morgan fingerprint density at radius 1 is 1.53 bits per heavy atom. The summed E-state index contributed by atoms with van der Waals surface area (Å²) in [4.78, 5) is 0. The van der Waals surface area contributed by atoms with Gasteiger partial charge in [-0.2, -0.15) is 9.40 Å². The molecule has 0 radical (unpaired) electrons. The van der Waals surface area contributed by atoms with Crippen LogP contribution in [0, 0.1) is 5.92 Å². The molecule has 2 N–H and O–H groups in total. The molecule has 0 aliphatic carbocycles. The zero-order valence-electron chi connectivity index (χ0n) is 11.5. The third-order valence-electron chi connectivity index (χ3n) is 3.78. The lowest BCUT2D eigenvalue weighted by Gasteiger charge is -2.37. The molecule has 7 heteroatoms. The van der Waals surface area contributed by atoms with Crippen LogP contribution in [-0.2, 0) is 10.0 Å². The van der Waals surface area contributed by atoms with Gasteiger partial charge in [0, 0.05) is 19.1 Å². The summed E-state index contributed by atoms with van der Waals surface area (Å²) in [5.74, 6) is 0.367. The molecule has 2 heterocycles. The number of sulfonamides is 1. The highest BCUT2D eigenvalue weighted by Crippen LogP contribution is 2.24. The molecular formula is C12H22N4O2S. The van der Waals surface area contributed by atoms with Gasteiger partial charge in [0.25, 0.3) is 10.0 Å². The largest absolute Gasteiger partial charge is 0.314 e. The number of hydrogen-bond acceptors (Lipinski definition) is 4. The molecule has 108 valence electrons. The minimum Gasteiger partial charge on any atom is -0.314 e. The summed E-state index contributed by atoms with van der Waals surface area (Å²) in [6, 6.07) is 1.93. The van der Waals surface area contributed by atoms with Crippen LogP contribution in [0.2, 0.25) is 0 Å². The van der Waals surface area contributed by atoms with E-state index in [0.29, 0.717) is 25.0 Å². The molecule has 1 aromatic rings. The third kappa shape index (κ3) is 2.98. The zero-order valence-corrected chi connectivity index (χ0v) is 12.3. The van der Waals surface area contributed by atoms with E-state index in [0.717, 1.165) is 19.4 Å². The van der Waals surface area contributed by atoms with E-state index in [4.69, 9.17) is 0 Å². The quantitative estimate of drug-likeness (QED) is 0.839. The first-order valence-corrected chi connectivity index (χ1v) is 8.26. The van der Waals surface area contributed by atoms with Crippen LogP contribution in [0.3, 0.4) is 0 Å². The van der Waals surface area contributed by atoms with Gasteiger partial charge in [0.1, 0.15) is 0 Å². The van der Waals surface area contributed by atoms with Gasteiger partial charge in [-0.25, -0.2) is 8.42 Å². The van der Waals surface area contributed by atoms with Gasteiger partial charge in [-0.15, -0.1) is 0 Å². The third-order valence-corrected chi connectivity index (χ3v) is 5.58. The van der Waals surface area contributed by atoms with Crippen LogP contribution < -0.4 is 5.32 Å². The van der Waals surface area contributed by atoms with Crippen molar-refractivity contribution in [3.05, 3.63) is 12.3 Å². The highest BCUT2D eigenvalue weighted by molar-refractivity contribution is 7.89. The Morgan fingerprint density at radius 3 is 2.89 bits per heavy atom. The average Bonchev–Trinajstić information content (AvgIpc) is 2.94. The second kappa shape index (κ2) is 6.02. The number of nitrogens with one attached hydrogen (secondary N) is 2. The molecule has 0 bridgehead atoms. The zero-order chi connectivity index (χ0) is 13.9. The Kier molecular flexibility index (Phi) is 4.59. The first-order valence-electron chi connectivity index (χ1n) is 6.82. The van der Waals surface area contributed by atoms with Crippen molar-refractivity contribution in [2.45, 2.75) is 37.8 Å². The van der Waals surface area contributed by atoms with Gasteiger partial charge in [0.05, 0.1) is 6.20 Å². The highest BCUT2D eigenvalue weighted by atomic mass is 32.2. The number of nitrogens with zero attached hydrogens (tertiary/aromatic N) is 2. The molecular weight excluding hydrogens is 264 g/mol. The number of rotatable bonds is 5. The minimum absolute atomic E-state index is 0.184. The molecule has 1 fully saturated rings. The summed E-state index contributed by atoms with van der Waals surface area (Å²) in [7, 11) is -3.41. The van der Waals surface area contributed by atoms with Crippen molar-refractivity contribution in [2.24, 2.45) is 5.92 Å². The van der Waals surface area contributed by atoms with Crippen molar-refractivity contribution < 1.29 is 8.42 Å². The highest BCUT2D eigenvalue weighted by Gasteiger charge is 2.34. The lowest BCUT2D eigenvalue weighted by atomic mass is 9.91. The number of aromatic nitrogens is 2. The molecule has 19 heavy (non-hydrogen) atoms. The van der Waals surface area contributed by atoms with E-state index >= 15 is 0 Å². The van der Waals surface area contributed by atoms with Crippen molar-refractivity contribution in [3.63, 3.8) is 0 Å². The summed E-state index contributed by atoms with van der Waals surface area (Å²) in [5, 5.41) is 9.91. The molecule has 2 atom stereocenters. The molecule has 1 aromatic heterocycles. The topological polar surface area (TPSA) is 78.1 Å². The second-order valence-corrected chi connectivity index (χ2v) is 6.81. The first-order chi connectivity index (χ1) is 9.09. The van der Waals surface area contributed by atoms with Gasteiger partial charge < -0.3 is 5.32 Å². The van der Waals surface area contributed by atoms with Crippen molar-refractivity contribution in [3.8, 4) is 0 Å². The summed E-state index contributed by atoms with van der Waals surface area (Å²) in [6.07, 6.45) is 3.31. The molecule has 0 aromatic carbocycles. The Morgan fingerprint density at radius 2 is 2.32 bits per heavy atom. The first kappa shape index (κ1) is 14.5. The predicted molar refractivity (Wildman–Crippen MR) is 73.2 cm³/mol. The van der Waals surface area contributed by atoms with E-state index in [2.05, 4.69) is 29.4 Å². The summed E-state index contributed by atoms with van der Waals surface area (Å²) in [5.41, 5.74) is 0.